The number of halogens is 1. The fourth-order valence-corrected chi connectivity index (χ4v) is 3.54. The molecule has 0 aromatic heterocycles. The van der Waals surface area contributed by atoms with E-state index in [0.717, 1.165) is 17.3 Å². The van der Waals surface area contributed by atoms with Gasteiger partial charge in [-0.15, -0.1) is 0 Å². The number of carbonyl (C=O) groups excluding carboxylic acids is 1. The number of hydrogen-bond acceptors (Lipinski definition) is 3. The second kappa shape index (κ2) is 4.16. The van der Waals surface area contributed by atoms with E-state index in [1.165, 1.54) is 7.11 Å². The zero-order valence-electron chi connectivity index (χ0n) is 10.5. The van der Waals surface area contributed by atoms with Gasteiger partial charge in [-0.1, -0.05) is 17.7 Å². The summed E-state index contributed by atoms with van der Waals surface area (Å²) in [5.74, 6) is 0.950. The number of esters is 1. The molecule has 1 aromatic rings. The Morgan fingerprint density at radius 2 is 2.28 bits per heavy atom. The maximum absolute atomic E-state index is 11.6. The van der Waals surface area contributed by atoms with Crippen LogP contribution >= 0.6 is 11.6 Å². The maximum Gasteiger partial charge on any atom is 0.309 e. The highest BCUT2D eigenvalue weighted by Crippen LogP contribution is 2.56. The van der Waals surface area contributed by atoms with E-state index < -0.39 is 0 Å². The molecule has 1 heterocycles. The van der Waals surface area contributed by atoms with Crippen LogP contribution in [-0.2, 0) is 9.53 Å². The van der Waals surface area contributed by atoms with Crippen molar-refractivity contribution in [3.63, 3.8) is 0 Å². The Bertz CT molecular complexity index is 490. The van der Waals surface area contributed by atoms with Gasteiger partial charge in [0.1, 0.15) is 0 Å². The van der Waals surface area contributed by atoms with Crippen LogP contribution in [0.1, 0.15) is 6.92 Å². The van der Waals surface area contributed by atoms with Crippen LogP contribution in [0, 0.1) is 17.8 Å². The minimum absolute atomic E-state index is 0.0532. The van der Waals surface area contributed by atoms with E-state index in [1.54, 1.807) is 0 Å². The molecule has 1 aliphatic carbocycles. The first-order valence-corrected chi connectivity index (χ1v) is 6.61. The predicted molar refractivity (Wildman–Crippen MR) is 70.7 cm³/mol. The number of rotatable bonds is 2. The second-order valence-corrected chi connectivity index (χ2v) is 5.60. The number of anilines is 1. The summed E-state index contributed by atoms with van der Waals surface area (Å²) in [4.78, 5) is 13.9. The van der Waals surface area contributed by atoms with E-state index in [0.29, 0.717) is 17.9 Å². The van der Waals surface area contributed by atoms with Crippen LogP contribution in [0.4, 0.5) is 5.69 Å². The molecular weight excluding hydrogens is 250 g/mol. The Labute approximate surface area is 112 Å². The number of methoxy groups -OCH3 is 1. The van der Waals surface area contributed by atoms with E-state index in [9.17, 15) is 4.79 Å². The summed E-state index contributed by atoms with van der Waals surface area (Å²) in [6.07, 6.45) is 0. The van der Waals surface area contributed by atoms with Crippen molar-refractivity contribution in [2.24, 2.45) is 17.8 Å². The highest BCUT2D eigenvalue weighted by atomic mass is 35.5. The molecule has 3 rings (SSSR count). The van der Waals surface area contributed by atoms with Gasteiger partial charge in [0.15, 0.2) is 0 Å². The molecule has 0 amide bonds. The van der Waals surface area contributed by atoms with E-state index in [2.05, 4.69) is 17.9 Å². The molecule has 2 aliphatic rings. The van der Waals surface area contributed by atoms with Gasteiger partial charge in [0.25, 0.3) is 0 Å². The van der Waals surface area contributed by atoms with Crippen LogP contribution in [0.15, 0.2) is 24.3 Å². The van der Waals surface area contributed by atoms with Crippen molar-refractivity contribution in [2.45, 2.75) is 13.0 Å². The smallest absolute Gasteiger partial charge is 0.309 e. The first-order chi connectivity index (χ1) is 8.63. The normalized spacial score (nSPS) is 33.2. The fourth-order valence-electron chi connectivity index (χ4n) is 3.36. The largest absolute Gasteiger partial charge is 0.469 e. The molecule has 1 saturated heterocycles. The molecule has 2 fully saturated rings. The van der Waals surface area contributed by atoms with Gasteiger partial charge < -0.3 is 9.64 Å². The van der Waals surface area contributed by atoms with Crippen molar-refractivity contribution in [2.75, 3.05) is 18.6 Å². The summed E-state index contributed by atoms with van der Waals surface area (Å²) >= 11 is 6.02. The maximum atomic E-state index is 11.6. The Morgan fingerprint density at radius 3 is 2.83 bits per heavy atom. The average Bonchev–Trinajstić information content (AvgIpc) is 2.99. The highest BCUT2D eigenvalue weighted by molar-refractivity contribution is 6.30. The summed E-state index contributed by atoms with van der Waals surface area (Å²) in [6.45, 7) is 3.10. The molecule has 18 heavy (non-hydrogen) atoms. The predicted octanol–water partition coefficient (Wildman–Crippen LogP) is 2.58. The zero-order chi connectivity index (χ0) is 12.9. The molecule has 1 unspecified atom stereocenters. The minimum Gasteiger partial charge on any atom is -0.469 e. The van der Waals surface area contributed by atoms with Crippen LogP contribution < -0.4 is 4.90 Å². The van der Waals surface area contributed by atoms with Gasteiger partial charge in [-0.05, 0) is 37.0 Å². The first-order valence-electron chi connectivity index (χ1n) is 6.23. The quantitative estimate of drug-likeness (QED) is 0.770. The molecular formula is C14H16ClNO2. The highest BCUT2D eigenvalue weighted by Gasteiger charge is 2.63. The third-order valence-electron chi connectivity index (χ3n) is 4.30. The lowest BCUT2D eigenvalue weighted by atomic mass is 10.1. The van der Waals surface area contributed by atoms with Crippen LogP contribution in [0.25, 0.3) is 0 Å². The minimum atomic E-state index is -0.0532. The molecule has 4 heteroatoms. The summed E-state index contributed by atoms with van der Waals surface area (Å²) in [7, 11) is 1.47. The van der Waals surface area contributed by atoms with E-state index in [1.807, 2.05) is 18.2 Å². The number of carbonyl (C=O) groups is 1. The molecule has 4 atom stereocenters. The molecule has 96 valence electrons. The molecule has 0 bridgehead atoms. The van der Waals surface area contributed by atoms with Gasteiger partial charge >= 0.3 is 5.97 Å². The standard InChI is InChI=1S/C14H16ClNO2/c1-8-12-11(13(12)14(17)18-2)7-16(8)10-5-3-4-9(15)6-10/h3-6,8,11-13H,7H2,1-2H3/t8?,11-,12+,13+/m0/s1. The molecule has 1 aliphatic heterocycles. The van der Waals surface area contributed by atoms with Gasteiger partial charge in [-0.25, -0.2) is 0 Å². The number of hydrogen-bond donors (Lipinski definition) is 0. The van der Waals surface area contributed by atoms with Gasteiger partial charge in [-0.2, -0.15) is 0 Å². The number of benzene rings is 1. The van der Waals surface area contributed by atoms with Gasteiger partial charge in [0, 0.05) is 23.3 Å². The van der Waals surface area contributed by atoms with Crippen LogP contribution in [0.3, 0.4) is 0 Å². The molecule has 0 radical (unpaired) electrons. The van der Waals surface area contributed by atoms with E-state index >= 15 is 0 Å². The van der Waals surface area contributed by atoms with Crippen LogP contribution in [-0.4, -0.2) is 25.7 Å². The van der Waals surface area contributed by atoms with Crippen LogP contribution in [0.5, 0.6) is 0 Å². The molecule has 3 nitrogen and oxygen atoms in total. The molecule has 0 spiro atoms. The van der Waals surface area contributed by atoms with Gasteiger partial charge in [-0.3, -0.25) is 4.79 Å². The third-order valence-corrected chi connectivity index (χ3v) is 4.53. The zero-order valence-corrected chi connectivity index (χ0v) is 11.2. The number of ether oxygens (including phenoxy) is 1. The van der Waals surface area contributed by atoms with Crippen molar-refractivity contribution < 1.29 is 9.53 Å². The number of piperidine rings is 1. The van der Waals surface area contributed by atoms with Crippen molar-refractivity contribution in [1.82, 2.24) is 0 Å². The molecule has 1 saturated carbocycles. The van der Waals surface area contributed by atoms with E-state index in [4.69, 9.17) is 16.3 Å². The Balaban J connectivity index is 1.75. The van der Waals surface area contributed by atoms with Crippen molar-refractivity contribution in [1.29, 1.82) is 0 Å². The Morgan fingerprint density at radius 1 is 1.50 bits per heavy atom. The monoisotopic (exact) mass is 265 g/mol. The summed E-state index contributed by atoms with van der Waals surface area (Å²) in [5.41, 5.74) is 1.14. The van der Waals surface area contributed by atoms with Crippen molar-refractivity contribution in [3.8, 4) is 0 Å². The lowest BCUT2D eigenvalue weighted by Crippen LogP contribution is -2.33. The Kier molecular flexibility index (Phi) is 2.74. The van der Waals surface area contributed by atoms with Crippen LogP contribution in [0.2, 0.25) is 5.02 Å². The summed E-state index contributed by atoms with van der Waals surface area (Å²) in [5, 5.41) is 0.754. The van der Waals surface area contributed by atoms with Crippen molar-refractivity contribution >= 4 is 23.3 Å². The Hall–Kier alpha value is -1.22. The summed E-state index contributed by atoms with van der Waals surface area (Å²) in [6, 6.07) is 8.27. The van der Waals surface area contributed by atoms with Crippen molar-refractivity contribution in [3.05, 3.63) is 29.3 Å². The van der Waals surface area contributed by atoms with Gasteiger partial charge in [0.05, 0.1) is 13.0 Å². The fraction of sp³-hybridized carbons (Fsp3) is 0.500. The number of fused-ring (bicyclic) bond motifs is 1. The molecule has 1 aromatic carbocycles. The topological polar surface area (TPSA) is 29.5 Å². The second-order valence-electron chi connectivity index (χ2n) is 5.16. The SMILES string of the molecule is COC(=O)[C@@H]1[C@H]2CN(c3cccc(Cl)c3)C(C)[C@H]21. The first kappa shape index (κ1) is 11.8. The van der Waals surface area contributed by atoms with E-state index in [-0.39, 0.29) is 11.9 Å². The lowest BCUT2D eigenvalue weighted by Gasteiger charge is -2.28. The lowest BCUT2D eigenvalue weighted by molar-refractivity contribution is -0.143. The van der Waals surface area contributed by atoms with Gasteiger partial charge in [0.2, 0.25) is 0 Å². The molecule has 0 N–H and O–H groups in total. The number of nitrogens with zero attached hydrogens (tertiary/aromatic N) is 1. The third kappa shape index (κ3) is 1.69. The average molecular weight is 266 g/mol. The summed E-state index contributed by atoms with van der Waals surface area (Å²) < 4.78 is 4.84.